The van der Waals surface area contributed by atoms with Crippen LogP contribution in [0.15, 0.2) is 47.6 Å². The van der Waals surface area contributed by atoms with E-state index in [0.29, 0.717) is 23.9 Å². The van der Waals surface area contributed by atoms with Crippen LogP contribution in [0.1, 0.15) is 31.3 Å². The van der Waals surface area contributed by atoms with Crippen LogP contribution >= 0.6 is 35.0 Å². The second kappa shape index (κ2) is 8.95. The molecule has 0 aliphatic carbocycles. The van der Waals surface area contributed by atoms with Gasteiger partial charge < -0.3 is 9.30 Å². The minimum Gasteiger partial charge on any atom is -0.481 e. The molecule has 0 fully saturated rings. The fourth-order valence-corrected chi connectivity index (χ4v) is 4.08. The van der Waals surface area contributed by atoms with Crippen molar-refractivity contribution in [3.05, 3.63) is 69.7 Å². The summed E-state index contributed by atoms with van der Waals surface area (Å²) in [5.74, 6) is 1.37. The predicted octanol–water partition coefficient (Wildman–Crippen LogP) is 6.18. The van der Waals surface area contributed by atoms with Crippen molar-refractivity contribution in [1.82, 2.24) is 14.8 Å². The maximum atomic E-state index is 13.2. The van der Waals surface area contributed by atoms with Crippen LogP contribution in [0, 0.1) is 5.82 Å². The molecule has 0 radical (unpaired) electrons. The number of nitrogens with zero attached hydrogens (tertiary/aromatic N) is 3. The van der Waals surface area contributed by atoms with Crippen LogP contribution < -0.4 is 4.74 Å². The minimum absolute atomic E-state index is 0.220. The third-order valence-electron chi connectivity index (χ3n) is 3.94. The van der Waals surface area contributed by atoms with E-state index in [1.165, 1.54) is 18.2 Å². The van der Waals surface area contributed by atoms with Gasteiger partial charge in [0.15, 0.2) is 17.1 Å². The van der Waals surface area contributed by atoms with Gasteiger partial charge in [-0.15, -0.1) is 10.2 Å². The molecule has 0 aliphatic rings. The molecule has 3 rings (SSSR count). The van der Waals surface area contributed by atoms with Crippen molar-refractivity contribution in [2.24, 2.45) is 0 Å². The van der Waals surface area contributed by atoms with Gasteiger partial charge in [0.05, 0.1) is 5.02 Å². The molecule has 0 N–H and O–H groups in total. The molecule has 0 bridgehead atoms. The summed E-state index contributed by atoms with van der Waals surface area (Å²) >= 11 is 13.8. The van der Waals surface area contributed by atoms with Crippen molar-refractivity contribution in [3.63, 3.8) is 0 Å². The van der Waals surface area contributed by atoms with Gasteiger partial charge in [0.1, 0.15) is 11.6 Å². The molecule has 27 heavy (non-hydrogen) atoms. The Bertz CT molecular complexity index is 935. The number of hydrogen-bond acceptors (Lipinski definition) is 4. The summed E-state index contributed by atoms with van der Waals surface area (Å²) < 4.78 is 21.1. The Morgan fingerprint density at radius 3 is 2.63 bits per heavy atom. The number of thioether (sulfide) groups is 1. The second-order valence-corrected chi connectivity index (χ2v) is 7.56. The highest BCUT2D eigenvalue weighted by molar-refractivity contribution is 7.98. The molecule has 0 saturated carbocycles. The molecule has 0 amide bonds. The highest BCUT2D eigenvalue weighted by atomic mass is 35.5. The van der Waals surface area contributed by atoms with Crippen LogP contribution in [0.5, 0.6) is 5.75 Å². The van der Waals surface area contributed by atoms with Gasteiger partial charge in [-0.05, 0) is 43.7 Å². The fourth-order valence-electron chi connectivity index (χ4n) is 2.58. The molecular formula is C19H18Cl2FN3OS. The summed E-state index contributed by atoms with van der Waals surface area (Å²) in [6.45, 7) is 4.57. The maximum absolute atomic E-state index is 13.2. The van der Waals surface area contributed by atoms with Crippen LogP contribution in [0.2, 0.25) is 10.0 Å². The molecule has 8 heteroatoms. The van der Waals surface area contributed by atoms with Crippen molar-refractivity contribution in [2.45, 2.75) is 37.4 Å². The number of ether oxygens (including phenoxy) is 1. The highest BCUT2D eigenvalue weighted by Crippen LogP contribution is 2.31. The summed E-state index contributed by atoms with van der Waals surface area (Å²) in [6, 6.07) is 11.8. The van der Waals surface area contributed by atoms with Crippen molar-refractivity contribution in [3.8, 4) is 5.75 Å². The largest absolute Gasteiger partial charge is 0.481 e. The third kappa shape index (κ3) is 4.75. The Kier molecular flexibility index (Phi) is 6.63. The summed E-state index contributed by atoms with van der Waals surface area (Å²) in [4.78, 5) is 0. The first-order valence-corrected chi connectivity index (χ1v) is 10.1. The van der Waals surface area contributed by atoms with Crippen molar-refractivity contribution < 1.29 is 9.13 Å². The Morgan fingerprint density at radius 1 is 1.15 bits per heavy atom. The van der Waals surface area contributed by atoms with E-state index in [2.05, 4.69) is 10.2 Å². The van der Waals surface area contributed by atoms with Crippen molar-refractivity contribution in [1.29, 1.82) is 0 Å². The predicted molar refractivity (Wildman–Crippen MR) is 107 cm³/mol. The van der Waals surface area contributed by atoms with E-state index in [0.717, 1.165) is 15.7 Å². The monoisotopic (exact) mass is 425 g/mol. The van der Waals surface area contributed by atoms with Crippen molar-refractivity contribution in [2.75, 3.05) is 0 Å². The SMILES string of the molecule is CCn1c(SCc2ccccc2Cl)nnc1C(C)Oc1ccc(F)cc1Cl. The first kappa shape index (κ1) is 20.0. The van der Waals surface area contributed by atoms with Gasteiger partial charge in [-0.1, -0.05) is 53.2 Å². The van der Waals surface area contributed by atoms with E-state index in [1.807, 2.05) is 42.7 Å². The summed E-state index contributed by atoms with van der Waals surface area (Å²) in [7, 11) is 0. The van der Waals surface area contributed by atoms with E-state index in [1.54, 1.807) is 11.8 Å². The molecule has 1 atom stereocenters. The molecule has 2 aromatic carbocycles. The van der Waals surface area contributed by atoms with Crippen LogP contribution in [0.3, 0.4) is 0 Å². The fraction of sp³-hybridized carbons (Fsp3) is 0.263. The zero-order valence-corrected chi connectivity index (χ0v) is 17.2. The Balaban J connectivity index is 1.75. The average molecular weight is 426 g/mol. The first-order chi connectivity index (χ1) is 13.0. The van der Waals surface area contributed by atoms with Gasteiger partial charge in [-0.3, -0.25) is 0 Å². The van der Waals surface area contributed by atoms with E-state index < -0.39 is 11.9 Å². The van der Waals surface area contributed by atoms with Gasteiger partial charge in [0.2, 0.25) is 0 Å². The molecule has 3 aromatic rings. The summed E-state index contributed by atoms with van der Waals surface area (Å²) in [5.41, 5.74) is 1.04. The van der Waals surface area contributed by atoms with Crippen LogP contribution in [0.25, 0.3) is 0 Å². The Hall–Kier alpha value is -1.76. The van der Waals surface area contributed by atoms with Crippen molar-refractivity contribution >= 4 is 35.0 Å². The molecule has 142 valence electrons. The first-order valence-electron chi connectivity index (χ1n) is 8.40. The lowest BCUT2D eigenvalue weighted by Gasteiger charge is -2.16. The zero-order valence-electron chi connectivity index (χ0n) is 14.8. The lowest BCUT2D eigenvalue weighted by Crippen LogP contribution is -2.12. The topological polar surface area (TPSA) is 39.9 Å². The second-order valence-electron chi connectivity index (χ2n) is 5.80. The highest BCUT2D eigenvalue weighted by Gasteiger charge is 2.20. The molecule has 0 saturated heterocycles. The van der Waals surface area contributed by atoms with Gasteiger partial charge in [-0.25, -0.2) is 4.39 Å². The molecule has 4 nitrogen and oxygen atoms in total. The summed E-state index contributed by atoms with van der Waals surface area (Å²) in [5, 5.41) is 10.3. The quantitative estimate of drug-likeness (QED) is 0.423. The smallest absolute Gasteiger partial charge is 0.191 e. The number of rotatable bonds is 7. The van der Waals surface area contributed by atoms with Crippen LogP contribution in [0.4, 0.5) is 4.39 Å². The molecular weight excluding hydrogens is 408 g/mol. The van der Waals surface area contributed by atoms with Crippen LogP contribution in [-0.4, -0.2) is 14.8 Å². The van der Waals surface area contributed by atoms with Gasteiger partial charge in [0, 0.05) is 17.3 Å². The molecule has 1 aromatic heterocycles. The zero-order chi connectivity index (χ0) is 19.4. The molecule has 0 aliphatic heterocycles. The molecule has 0 spiro atoms. The van der Waals surface area contributed by atoms with E-state index in [4.69, 9.17) is 27.9 Å². The third-order valence-corrected chi connectivity index (χ3v) is 5.62. The molecule has 1 heterocycles. The van der Waals surface area contributed by atoms with Gasteiger partial charge in [-0.2, -0.15) is 0 Å². The average Bonchev–Trinajstić information content (AvgIpc) is 3.06. The lowest BCUT2D eigenvalue weighted by atomic mass is 10.2. The number of hydrogen-bond donors (Lipinski definition) is 0. The number of aromatic nitrogens is 3. The molecule has 1 unspecified atom stereocenters. The van der Waals surface area contributed by atoms with E-state index in [-0.39, 0.29) is 5.02 Å². The van der Waals surface area contributed by atoms with E-state index in [9.17, 15) is 4.39 Å². The van der Waals surface area contributed by atoms with E-state index >= 15 is 0 Å². The Morgan fingerprint density at radius 2 is 1.93 bits per heavy atom. The summed E-state index contributed by atoms with van der Waals surface area (Å²) in [6.07, 6.45) is -0.393. The maximum Gasteiger partial charge on any atom is 0.191 e. The standard InChI is InChI=1S/C19H18Cl2FN3OS/c1-3-25-18(12(2)26-17-9-8-14(22)10-16(17)21)23-24-19(25)27-11-13-6-4-5-7-15(13)20/h4-10,12H,3,11H2,1-2H3. The number of halogens is 3. The normalized spacial score (nSPS) is 12.2. The minimum atomic E-state index is -0.407. The Labute approximate surface area is 171 Å². The van der Waals surface area contributed by atoms with Gasteiger partial charge >= 0.3 is 0 Å². The van der Waals surface area contributed by atoms with Crippen LogP contribution in [-0.2, 0) is 12.3 Å². The van der Waals surface area contributed by atoms with Gasteiger partial charge in [0.25, 0.3) is 0 Å². The lowest BCUT2D eigenvalue weighted by molar-refractivity contribution is 0.210. The number of benzene rings is 2.